The fourth-order valence-corrected chi connectivity index (χ4v) is 2.04. The highest BCUT2D eigenvalue weighted by Crippen LogP contribution is 2.32. The topological polar surface area (TPSA) is 56.8 Å². The van der Waals surface area contributed by atoms with Gasteiger partial charge in [0, 0.05) is 17.8 Å². The van der Waals surface area contributed by atoms with Gasteiger partial charge in [-0.25, -0.2) is 8.78 Å². The zero-order valence-corrected chi connectivity index (χ0v) is 13.5. The van der Waals surface area contributed by atoms with Crippen molar-refractivity contribution in [2.24, 2.45) is 0 Å². The SMILES string of the molecule is COc1cc(C)c(NC(=O)COc2ccc(F)cc2F)cc1OC. The molecular formula is C17H17F2NO4. The molecule has 2 aromatic rings. The highest BCUT2D eigenvalue weighted by molar-refractivity contribution is 5.93. The summed E-state index contributed by atoms with van der Waals surface area (Å²) in [5.41, 5.74) is 1.27. The van der Waals surface area contributed by atoms with Crippen molar-refractivity contribution in [3.8, 4) is 17.2 Å². The number of methoxy groups -OCH3 is 2. The van der Waals surface area contributed by atoms with E-state index in [1.807, 2.05) is 0 Å². The molecule has 0 aliphatic heterocycles. The first kappa shape index (κ1) is 17.5. The van der Waals surface area contributed by atoms with Crippen molar-refractivity contribution in [3.63, 3.8) is 0 Å². The number of halogens is 2. The van der Waals surface area contributed by atoms with E-state index in [4.69, 9.17) is 14.2 Å². The number of hydrogen-bond acceptors (Lipinski definition) is 4. The van der Waals surface area contributed by atoms with Crippen LogP contribution in [0.2, 0.25) is 0 Å². The lowest BCUT2D eigenvalue weighted by molar-refractivity contribution is -0.118. The molecule has 0 bridgehead atoms. The Hall–Kier alpha value is -2.83. The molecule has 1 N–H and O–H groups in total. The molecule has 0 fully saturated rings. The normalized spacial score (nSPS) is 10.2. The van der Waals surface area contributed by atoms with Crippen LogP contribution < -0.4 is 19.5 Å². The van der Waals surface area contributed by atoms with Gasteiger partial charge in [0.25, 0.3) is 5.91 Å². The Bertz CT molecular complexity index is 750. The molecule has 0 unspecified atom stereocenters. The molecule has 2 aromatic carbocycles. The molecule has 0 atom stereocenters. The molecule has 0 aromatic heterocycles. The summed E-state index contributed by atoms with van der Waals surface area (Å²) in [6.07, 6.45) is 0. The number of carbonyl (C=O) groups excluding carboxylic acids is 1. The Labute approximate surface area is 138 Å². The number of hydrogen-bond donors (Lipinski definition) is 1. The third-order valence-electron chi connectivity index (χ3n) is 3.26. The molecule has 0 saturated carbocycles. The molecule has 128 valence electrons. The summed E-state index contributed by atoms with van der Waals surface area (Å²) >= 11 is 0. The summed E-state index contributed by atoms with van der Waals surface area (Å²) < 4.78 is 41.7. The molecule has 1 amide bonds. The number of benzene rings is 2. The maximum Gasteiger partial charge on any atom is 0.262 e. The van der Waals surface area contributed by atoms with Crippen LogP contribution in [0.3, 0.4) is 0 Å². The first-order valence-electron chi connectivity index (χ1n) is 7.05. The van der Waals surface area contributed by atoms with Crippen molar-refractivity contribution in [1.82, 2.24) is 0 Å². The third-order valence-corrected chi connectivity index (χ3v) is 3.26. The second-order valence-corrected chi connectivity index (χ2v) is 4.93. The fourth-order valence-electron chi connectivity index (χ4n) is 2.04. The highest BCUT2D eigenvalue weighted by Gasteiger charge is 2.12. The first-order valence-corrected chi connectivity index (χ1v) is 7.05. The van der Waals surface area contributed by atoms with Crippen molar-refractivity contribution in [3.05, 3.63) is 47.5 Å². The quantitative estimate of drug-likeness (QED) is 0.879. The van der Waals surface area contributed by atoms with Gasteiger partial charge in [0.05, 0.1) is 14.2 Å². The fraction of sp³-hybridized carbons (Fsp3) is 0.235. The van der Waals surface area contributed by atoms with Crippen LogP contribution in [-0.4, -0.2) is 26.7 Å². The number of nitrogens with one attached hydrogen (secondary N) is 1. The Morgan fingerprint density at radius 2 is 1.71 bits per heavy atom. The van der Waals surface area contributed by atoms with E-state index in [0.29, 0.717) is 23.3 Å². The van der Waals surface area contributed by atoms with E-state index < -0.39 is 24.1 Å². The van der Waals surface area contributed by atoms with Crippen LogP contribution in [0.4, 0.5) is 14.5 Å². The summed E-state index contributed by atoms with van der Waals surface area (Å²) in [7, 11) is 3.00. The molecule has 0 saturated heterocycles. The van der Waals surface area contributed by atoms with Crippen LogP contribution in [0.5, 0.6) is 17.2 Å². The van der Waals surface area contributed by atoms with Gasteiger partial charge < -0.3 is 19.5 Å². The summed E-state index contributed by atoms with van der Waals surface area (Å²) in [5.74, 6) is -1.28. The average molecular weight is 337 g/mol. The number of ether oxygens (including phenoxy) is 3. The number of aryl methyl sites for hydroxylation is 1. The van der Waals surface area contributed by atoms with Gasteiger partial charge in [-0.3, -0.25) is 4.79 Å². The monoisotopic (exact) mass is 337 g/mol. The van der Waals surface area contributed by atoms with E-state index >= 15 is 0 Å². The van der Waals surface area contributed by atoms with E-state index in [-0.39, 0.29) is 5.75 Å². The summed E-state index contributed by atoms with van der Waals surface area (Å²) in [6.45, 7) is 1.37. The van der Waals surface area contributed by atoms with Crippen LogP contribution in [-0.2, 0) is 4.79 Å². The van der Waals surface area contributed by atoms with Crippen molar-refractivity contribution < 1.29 is 27.8 Å². The molecule has 7 heteroatoms. The number of anilines is 1. The largest absolute Gasteiger partial charge is 0.493 e. The van der Waals surface area contributed by atoms with Gasteiger partial charge >= 0.3 is 0 Å². The predicted octanol–water partition coefficient (Wildman–Crippen LogP) is 3.31. The lowest BCUT2D eigenvalue weighted by Gasteiger charge is -2.14. The van der Waals surface area contributed by atoms with Gasteiger partial charge in [-0.15, -0.1) is 0 Å². The van der Waals surface area contributed by atoms with Crippen LogP contribution in [0.25, 0.3) is 0 Å². The molecule has 0 aliphatic carbocycles. The van der Waals surface area contributed by atoms with Gasteiger partial charge in [0.15, 0.2) is 29.7 Å². The predicted molar refractivity (Wildman–Crippen MR) is 84.8 cm³/mol. The molecule has 0 heterocycles. The lowest BCUT2D eigenvalue weighted by atomic mass is 10.1. The van der Waals surface area contributed by atoms with E-state index in [1.54, 1.807) is 19.1 Å². The Balaban J connectivity index is 2.04. The smallest absolute Gasteiger partial charge is 0.262 e. The van der Waals surface area contributed by atoms with Gasteiger partial charge in [-0.05, 0) is 30.7 Å². The average Bonchev–Trinajstić information content (AvgIpc) is 2.55. The van der Waals surface area contributed by atoms with E-state index in [0.717, 1.165) is 17.7 Å². The van der Waals surface area contributed by atoms with Gasteiger partial charge in [0.1, 0.15) is 5.82 Å². The van der Waals surface area contributed by atoms with Gasteiger partial charge in [0.2, 0.25) is 0 Å². The van der Waals surface area contributed by atoms with Crippen LogP contribution >= 0.6 is 0 Å². The molecule has 0 aliphatic rings. The molecular weight excluding hydrogens is 320 g/mol. The summed E-state index contributed by atoms with van der Waals surface area (Å²) in [4.78, 5) is 12.0. The minimum atomic E-state index is -0.870. The van der Waals surface area contributed by atoms with E-state index in [9.17, 15) is 13.6 Å². The molecule has 0 radical (unpaired) electrons. The lowest BCUT2D eigenvalue weighted by Crippen LogP contribution is -2.21. The van der Waals surface area contributed by atoms with Crippen molar-refractivity contribution in [1.29, 1.82) is 0 Å². The summed E-state index contributed by atoms with van der Waals surface area (Å²) in [5, 5.41) is 2.64. The first-order chi connectivity index (χ1) is 11.4. The minimum absolute atomic E-state index is 0.199. The number of amides is 1. The molecule has 0 spiro atoms. The number of rotatable bonds is 6. The minimum Gasteiger partial charge on any atom is -0.493 e. The zero-order chi connectivity index (χ0) is 17.7. The molecule has 5 nitrogen and oxygen atoms in total. The second kappa shape index (κ2) is 7.63. The maximum atomic E-state index is 13.4. The van der Waals surface area contributed by atoms with Crippen molar-refractivity contribution >= 4 is 11.6 Å². The Morgan fingerprint density at radius 3 is 2.33 bits per heavy atom. The van der Waals surface area contributed by atoms with E-state index in [1.165, 1.54) is 14.2 Å². The maximum absolute atomic E-state index is 13.4. The van der Waals surface area contributed by atoms with Gasteiger partial charge in [-0.1, -0.05) is 0 Å². The van der Waals surface area contributed by atoms with Crippen molar-refractivity contribution in [2.75, 3.05) is 26.1 Å². The Morgan fingerprint density at radius 1 is 1.04 bits per heavy atom. The van der Waals surface area contributed by atoms with Gasteiger partial charge in [-0.2, -0.15) is 0 Å². The van der Waals surface area contributed by atoms with Crippen molar-refractivity contribution in [2.45, 2.75) is 6.92 Å². The number of carbonyl (C=O) groups is 1. The molecule has 24 heavy (non-hydrogen) atoms. The third kappa shape index (κ3) is 4.13. The van der Waals surface area contributed by atoms with E-state index in [2.05, 4.69) is 5.32 Å². The zero-order valence-electron chi connectivity index (χ0n) is 13.5. The standard InChI is InChI=1S/C17H17F2NO4/c1-10-6-15(22-2)16(23-3)8-13(10)20-17(21)9-24-14-5-4-11(18)7-12(14)19/h4-8H,9H2,1-3H3,(H,20,21). The molecule has 2 rings (SSSR count). The highest BCUT2D eigenvalue weighted by atomic mass is 19.1. The Kier molecular flexibility index (Phi) is 5.57. The van der Waals surface area contributed by atoms with Crippen LogP contribution in [0.1, 0.15) is 5.56 Å². The van der Waals surface area contributed by atoms with Crippen LogP contribution in [0.15, 0.2) is 30.3 Å². The van der Waals surface area contributed by atoms with Crippen LogP contribution in [0, 0.1) is 18.6 Å². The second-order valence-electron chi connectivity index (χ2n) is 4.93. The summed E-state index contributed by atoms with van der Waals surface area (Å²) in [6, 6.07) is 6.19.